The van der Waals surface area contributed by atoms with E-state index >= 15 is 0 Å². The molecule has 0 unspecified atom stereocenters. The quantitative estimate of drug-likeness (QED) is 0.0614. The first-order chi connectivity index (χ1) is 35.4. The van der Waals surface area contributed by atoms with Gasteiger partial charge in [-0.1, -0.05) is 170 Å². The van der Waals surface area contributed by atoms with E-state index in [1.165, 1.54) is 0 Å². The third-order valence-electron chi connectivity index (χ3n) is 13.0. The number of carbonyl (C=O) groups excluding carboxylic acids is 4. The van der Waals surface area contributed by atoms with Gasteiger partial charge < -0.3 is 9.80 Å². The highest BCUT2D eigenvalue weighted by Gasteiger charge is 2.26. The van der Waals surface area contributed by atoms with Crippen molar-refractivity contribution < 1.29 is 19.2 Å². The maximum atomic E-state index is 13.7. The van der Waals surface area contributed by atoms with Gasteiger partial charge in [0.1, 0.15) is 0 Å². The van der Waals surface area contributed by atoms with Crippen LogP contribution in [0.2, 0.25) is 0 Å². The van der Waals surface area contributed by atoms with Gasteiger partial charge in [-0.2, -0.15) is 0 Å². The van der Waals surface area contributed by atoms with Crippen LogP contribution >= 0.6 is 0 Å². The maximum Gasteiger partial charge on any atom is 0.193 e. The van der Waals surface area contributed by atoms with E-state index in [1.807, 2.05) is 243 Å². The molecule has 0 radical (unpaired) electrons. The second kappa shape index (κ2) is 19.7. The minimum absolute atomic E-state index is 0.0762. The number of fused-ring (bicyclic) bond motifs is 2. The fourth-order valence-electron chi connectivity index (χ4n) is 9.45. The molecule has 0 spiro atoms. The molecule has 0 aromatic heterocycles. The molecule has 0 fully saturated rings. The maximum absolute atomic E-state index is 13.7. The zero-order valence-electron chi connectivity index (χ0n) is 38.9. The summed E-state index contributed by atoms with van der Waals surface area (Å²) in [7, 11) is 0. The Morgan fingerprint density at radius 2 is 0.361 bits per heavy atom. The molecular formula is C66H44N2O4. The molecule has 342 valence electrons. The molecule has 0 saturated heterocycles. The summed E-state index contributed by atoms with van der Waals surface area (Å²) in [6.07, 6.45) is 0. The van der Waals surface area contributed by atoms with Crippen LogP contribution in [0.5, 0.6) is 0 Å². The second-order valence-corrected chi connectivity index (χ2v) is 17.4. The topological polar surface area (TPSA) is 74.8 Å². The SMILES string of the molecule is O=C(c1ccccc1)c1ccc(N(c2ccc(C(=O)c3ccccc3)cc2)c2c3ccccc3c(N(c3ccc(C(=O)c4ccccc4)cc3)c3ccc(C(=O)c4ccccc4)cc3)c3ccccc23)cc1. The lowest BCUT2D eigenvalue weighted by Crippen LogP contribution is -2.15. The second-order valence-electron chi connectivity index (χ2n) is 17.4. The van der Waals surface area contributed by atoms with Crippen molar-refractivity contribution in [2.45, 2.75) is 0 Å². The molecule has 0 atom stereocenters. The standard InChI is InChI=1S/C66H44N2O4/c69-63(45-17-5-1-6-18-45)49-29-37-53(38-30-49)67(54-39-31-50(32-40-54)64(70)46-19-7-2-8-20-46)61-57-25-13-15-27-59(57)62(60-28-16-14-26-58(60)61)68(55-41-33-51(34-42-55)65(71)47-21-9-3-10-22-47)56-43-35-52(36-44-56)66(72)48-23-11-4-12-24-48/h1-44H. The largest absolute Gasteiger partial charge is 0.309 e. The van der Waals surface area contributed by atoms with Crippen LogP contribution in [0.1, 0.15) is 63.7 Å². The van der Waals surface area contributed by atoms with Crippen molar-refractivity contribution in [1.29, 1.82) is 0 Å². The average Bonchev–Trinajstić information content (AvgIpc) is 3.46. The molecule has 0 amide bonds. The van der Waals surface area contributed by atoms with Crippen LogP contribution in [0.25, 0.3) is 21.5 Å². The third-order valence-corrected chi connectivity index (χ3v) is 13.0. The van der Waals surface area contributed by atoms with Gasteiger partial charge >= 0.3 is 0 Å². The van der Waals surface area contributed by atoms with E-state index < -0.39 is 0 Å². The fraction of sp³-hybridized carbons (Fsp3) is 0. The Morgan fingerprint density at radius 3 is 0.556 bits per heavy atom. The van der Waals surface area contributed by atoms with Gasteiger partial charge in [0, 0.05) is 88.8 Å². The van der Waals surface area contributed by atoms with E-state index in [1.54, 1.807) is 0 Å². The molecule has 0 aliphatic heterocycles. The Kier molecular flexibility index (Phi) is 12.2. The van der Waals surface area contributed by atoms with Crippen LogP contribution in [0.15, 0.2) is 267 Å². The average molecular weight is 929 g/mol. The van der Waals surface area contributed by atoms with Crippen LogP contribution in [-0.2, 0) is 0 Å². The zero-order valence-corrected chi connectivity index (χ0v) is 38.9. The van der Waals surface area contributed by atoms with Crippen molar-refractivity contribution in [2.75, 3.05) is 9.80 Å². The lowest BCUT2D eigenvalue weighted by molar-refractivity contribution is 0.103. The van der Waals surface area contributed by atoms with Crippen molar-refractivity contribution in [2.24, 2.45) is 0 Å². The van der Waals surface area contributed by atoms with Crippen molar-refractivity contribution in [3.05, 3.63) is 311 Å². The van der Waals surface area contributed by atoms with Crippen LogP contribution in [0, 0.1) is 0 Å². The third kappa shape index (κ3) is 8.65. The predicted molar refractivity (Wildman–Crippen MR) is 290 cm³/mol. The van der Waals surface area contributed by atoms with Gasteiger partial charge in [-0.05, 0) is 97.1 Å². The summed E-state index contributed by atoms with van der Waals surface area (Å²) >= 11 is 0. The molecule has 0 saturated carbocycles. The Balaban J connectivity index is 1.11. The van der Waals surface area contributed by atoms with E-state index in [4.69, 9.17) is 0 Å². The van der Waals surface area contributed by atoms with Crippen LogP contribution < -0.4 is 9.80 Å². The van der Waals surface area contributed by atoms with Gasteiger partial charge in [0.25, 0.3) is 0 Å². The molecular weight excluding hydrogens is 885 g/mol. The molecule has 6 nitrogen and oxygen atoms in total. The number of anilines is 6. The molecule has 0 aliphatic rings. The zero-order chi connectivity index (χ0) is 49.0. The summed E-state index contributed by atoms with van der Waals surface area (Å²) in [5.74, 6) is -0.305. The Hall–Kier alpha value is -9.78. The first-order valence-corrected chi connectivity index (χ1v) is 23.7. The highest BCUT2D eigenvalue weighted by molar-refractivity contribution is 6.23. The Bertz CT molecular complexity index is 3270. The lowest BCUT2D eigenvalue weighted by Gasteiger charge is -2.33. The highest BCUT2D eigenvalue weighted by Crippen LogP contribution is 2.51. The number of carbonyl (C=O) groups is 4. The summed E-state index contributed by atoms with van der Waals surface area (Å²) in [6.45, 7) is 0. The van der Waals surface area contributed by atoms with E-state index in [-0.39, 0.29) is 23.1 Å². The molecule has 72 heavy (non-hydrogen) atoms. The Labute approximate surface area is 417 Å². The fourth-order valence-corrected chi connectivity index (χ4v) is 9.45. The van der Waals surface area contributed by atoms with E-state index in [0.29, 0.717) is 44.5 Å². The normalized spacial score (nSPS) is 11.0. The highest BCUT2D eigenvalue weighted by atomic mass is 16.1. The Morgan fingerprint density at radius 1 is 0.194 bits per heavy atom. The number of hydrogen-bond donors (Lipinski definition) is 0. The van der Waals surface area contributed by atoms with Gasteiger partial charge in [0.05, 0.1) is 11.4 Å². The number of rotatable bonds is 14. The number of hydrogen-bond acceptors (Lipinski definition) is 6. The van der Waals surface area contributed by atoms with Crippen molar-refractivity contribution >= 4 is 78.8 Å². The van der Waals surface area contributed by atoms with Crippen molar-refractivity contribution in [3.63, 3.8) is 0 Å². The van der Waals surface area contributed by atoms with Crippen molar-refractivity contribution in [1.82, 2.24) is 0 Å². The summed E-state index contributed by atoms with van der Waals surface area (Å²) in [4.78, 5) is 59.3. The smallest absolute Gasteiger partial charge is 0.193 e. The van der Waals surface area contributed by atoms with Gasteiger partial charge in [0.2, 0.25) is 0 Å². The minimum atomic E-state index is -0.0762. The summed E-state index contributed by atoms with van der Waals surface area (Å²) in [6, 6.07) is 84.3. The molecule has 0 aliphatic carbocycles. The van der Waals surface area contributed by atoms with Crippen molar-refractivity contribution in [3.8, 4) is 0 Å². The van der Waals surface area contributed by atoms with Gasteiger partial charge in [-0.25, -0.2) is 0 Å². The van der Waals surface area contributed by atoms with E-state index in [0.717, 1.165) is 55.7 Å². The van der Waals surface area contributed by atoms with Crippen LogP contribution in [0.3, 0.4) is 0 Å². The number of nitrogens with zero attached hydrogens (tertiary/aromatic N) is 2. The number of benzene rings is 11. The van der Waals surface area contributed by atoms with E-state index in [2.05, 4.69) is 34.1 Å². The van der Waals surface area contributed by atoms with E-state index in [9.17, 15) is 19.2 Å². The minimum Gasteiger partial charge on any atom is -0.309 e. The summed E-state index contributed by atoms with van der Waals surface area (Å²) in [5, 5.41) is 3.71. The first-order valence-electron chi connectivity index (χ1n) is 23.7. The molecule has 0 heterocycles. The molecule has 0 N–H and O–H groups in total. The molecule has 11 aromatic carbocycles. The number of ketones is 4. The van der Waals surface area contributed by atoms with Gasteiger partial charge in [-0.15, -0.1) is 0 Å². The molecule has 0 bridgehead atoms. The summed E-state index contributed by atoms with van der Waals surface area (Å²) in [5.41, 5.74) is 9.65. The van der Waals surface area contributed by atoms with Crippen LogP contribution in [-0.4, -0.2) is 23.1 Å². The lowest BCUT2D eigenvalue weighted by atomic mass is 9.94. The summed E-state index contributed by atoms with van der Waals surface area (Å²) < 4.78 is 0. The molecule has 11 rings (SSSR count). The predicted octanol–water partition coefficient (Wildman–Crippen LogP) is 15.9. The molecule has 11 aromatic rings. The molecule has 6 heteroatoms. The monoisotopic (exact) mass is 928 g/mol. The van der Waals surface area contributed by atoms with Crippen LogP contribution in [0.4, 0.5) is 34.1 Å². The van der Waals surface area contributed by atoms with Gasteiger partial charge in [-0.3, -0.25) is 19.2 Å². The van der Waals surface area contributed by atoms with Gasteiger partial charge in [0.15, 0.2) is 23.1 Å². The first kappa shape index (κ1) is 44.7.